The first kappa shape index (κ1) is 12.9. The maximum atomic E-state index is 5.81. The first-order valence-electron chi connectivity index (χ1n) is 5.89. The molecule has 2 rings (SSSR count). The standard InChI is InChI=1S/C15H16ClNO/c1-17-10-12-2-4-13(5-3-12)11-18-15-8-6-14(16)7-9-15/h2-9,17H,10-11H2,1H3. The molecule has 2 aromatic rings. The number of halogens is 1. The summed E-state index contributed by atoms with van der Waals surface area (Å²) in [4.78, 5) is 0. The molecule has 0 radical (unpaired) electrons. The highest BCUT2D eigenvalue weighted by atomic mass is 35.5. The summed E-state index contributed by atoms with van der Waals surface area (Å²) >= 11 is 5.81. The molecular formula is C15H16ClNO. The Kier molecular flexibility index (Phi) is 4.62. The van der Waals surface area contributed by atoms with E-state index in [9.17, 15) is 0 Å². The normalized spacial score (nSPS) is 10.3. The molecule has 0 saturated heterocycles. The molecular weight excluding hydrogens is 246 g/mol. The minimum absolute atomic E-state index is 0.571. The monoisotopic (exact) mass is 261 g/mol. The minimum atomic E-state index is 0.571. The molecule has 0 aromatic heterocycles. The quantitative estimate of drug-likeness (QED) is 0.887. The topological polar surface area (TPSA) is 21.3 Å². The highest BCUT2D eigenvalue weighted by Crippen LogP contribution is 2.17. The lowest BCUT2D eigenvalue weighted by Crippen LogP contribution is -2.05. The summed E-state index contributed by atoms with van der Waals surface area (Å²) < 4.78 is 5.67. The van der Waals surface area contributed by atoms with E-state index in [1.807, 2.05) is 31.3 Å². The fourth-order valence-corrected chi connectivity index (χ4v) is 1.78. The lowest BCUT2D eigenvalue weighted by atomic mass is 10.1. The van der Waals surface area contributed by atoms with E-state index in [-0.39, 0.29) is 0 Å². The summed E-state index contributed by atoms with van der Waals surface area (Å²) in [6.45, 7) is 1.46. The van der Waals surface area contributed by atoms with E-state index in [4.69, 9.17) is 16.3 Å². The van der Waals surface area contributed by atoms with Gasteiger partial charge in [-0.3, -0.25) is 0 Å². The number of rotatable bonds is 5. The van der Waals surface area contributed by atoms with Crippen molar-refractivity contribution in [2.75, 3.05) is 7.05 Å². The van der Waals surface area contributed by atoms with E-state index in [1.165, 1.54) is 5.56 Å². The first-order valence-corrected chi connectivity index (χ1v) is 6.26. The van der Waals surface area contributed by atoms with Crippen LogP contribution in [0.25, 0.3) is 0 Å². The second kappa shape index (κ2) is 6.43. The molecule has 0 fully saturated rings. The number of ether oxygens (including phenoxy) is 1. The third-order valence-electron chi connectivity index (χ3n) is 2.62. The van der Waals surface area contributed by atoms with Crippen LogP contribution in [0.3, 0.4) is 0 Å². The van der Waals surface area contributed by atoms with Gasteiger partial charge in [-0.15, -0.1) is 0 Å². The third-order valence-corrected chi connectivity index (χ3v) is 2.87. The van der Waals surface area contributed by atoms with Crippen LogP contribution in [0.15, 0.2) is 48.5 Å². The maximum absolute atomic E-state index is 5.81. The van der Waals surface area contributed by atoms with Gasteiger partial charge < -0.3 is 10.1 Å². The second-order valence-electron chi connectivity index (χ2n) is 4.09. The van der Waals surface area contributed by atoms with Gasteiger partial charge in [-0.05, 0) is 42.4 Å². The van der Waals surface area contributed by atoms with E-state index in [0.29, 0.717) is 6.61 Å². The van der Waals surface area contributed by atoms with Crippen LogP contribution in [0.5, 0.6) is 5.75 Å². The van der Waals surface area contributed by atoms with Crippen molar-refractivity contribution in [1.29, 1.82) is 0 Å². The Morgan fingerprint density at radius 3 is 2.17 bits per heavy atom. The van der Waals surface area contributed by atoms with Crippen LogP contribution in [0.2, 0.25) is 5.02 Å². The number of hydrogen-bond donors (Lipinski definition) is 1. The van der Waals surface area contributed by atoms with Crippen molar-refractivity contribution in [2.24, 2.45) is 0 Å². The van der Waals surface area contributed by atoms with Crippen molar-refractivity contribution < 1.29 is 4.74 Å². The van der Waals surface area contributed by atoms with Crippen LogP contribution in [0.1, 0.15) is 11.1 Å². The van der Waals surface area contributed by atoms with Gasteiger partial charge in [0.1, 0.15) is 12.4 Å². The Hall–Kier alpha value is -1.51. The van der Waals surface area contributed by atoms with Crippen LogP contribution < -0.4 is 10.1 Å². The summed E-state index contributed by atoms with van der Waals surface area (Å²) in [5.41, 5.74) is 2.43. The molecule has 0 aliphatic carbocycles. The Labute approximate surface area is 113 Å². The summed E-state index contributed by atoms with van der Waals surface area (Å²) in [6, 6.07) is 15.8. The van der Waals surface area contributed by atoms with Crippen LogP contribution in [0.4, 0.5) is 0 Å². The molecule has 0 saturated carbocycles. The molecule has 0 spiro atoms. The molecule has 0 aliphatic heterocycles. The smallest absolute Gasteiger partial charge is 0.119 e. The van der Waals surface area contributed by atoms with Gasteiger partial charge >= 0.3 is 0 Å². The second-order valence-corrected chi connectivity index (χ2v) is 4.53. The Morgan fingerprint density at radius 1 is 0.944 bits per heavy atom. The predicted molar refractivity (Wildman–Crippen MR) is 75.0 cm³/mol. The van der Waals surface area contributed by atoms with Gasteiger partial charge in [0.25, 0.3) is 0 Å². The van der Waals surface area contributed by atoms with Crippen molar-refractivity contribution in [3.63, 3.8) is 0 Å². The lowest BCUT2D eigenvalue weighted by molar-refractivity contribution is 0.306. The maximum Gasteiger partial charge on any atom is 0.119 e. The highest BCUT2D eigenvalue weighted by molar-refractivity contribution is 6.30. The largest absolute Gasteiger partial charge is 0.489 e. The molecule has 0 amide bonds. The Morgan fingerprint density at radius 2 is 1.56 bits per heavy atom. The van der Waals surface area contributed by atoms with Gasteiger partial charge in [0.15, 0.2) is 0 Å². The number of nitrogens with one attached hydrogen (secondary N) is 1. The van der Waals surface area contributed by atoms with Crippen LogP contribution in [0, 0.1) is 0 Å². The lowest BCUT2D eigenvalue weighted by Gasteiger charge is -2.07. The average molecular weight is 262 g/mol. The van der Waals surface area contributed by atoms with E-state index in [1.54, 1.807) is 0 Å². The average Bonchev–Trinajstić information content (AvgIpc) is 2.40. The SMILES string of the molecule is CNCc1ccc(COc2ccc(Cl)cc2)cc1. The Bertz CT molecular complexity index is 479. The van der Waals surface area contributed by atoms with Gasteiger partial charge in [0, 0.05) is 11.6 Å². The van der Waals surface area contributed by atoms with Gasteiger partial charge in [0.05, 0.1) is 0 Å². The van der Waals surface area contributed by atoms with E-state index < -0.39 is 0 Å². The molecule has 2 nitrogen and oxygen atoms in total. The van der Waals surface area contributed by atoms with E-state index in [0.717, 1.165) is 22.9 Å². The zero-order valence-electron chi connectivity index (χ0n) is 10.3. The van der Waals surface area contributed by atoms with Crippen molar-refractivity contribution in [3.8, 4) is 5.75 Å². The summed E-state index contributed by atoms with van der Waals surface area (Å²) in [5, 5.41) is 3.84. The van der Waals surface area contributed by atoms with Gasteiger partial charge in [-0.25, -0.2) is 0 Å². The molecule has 1 N–H and O–H groups in total. The van der Waals surface area contributed by atoms with Crippen molar-refractivity contribution in [1.82, 2.24) is 5.32 Å². The number of benzene rings is 2. The molecule has 18 heavy (non-hydrogen) atoms. The predicted octanol–water partition coefficient (Wildman–Crippen LogP) is 3.64. The third kappa shape index (κ3) is 3.76. The fourth-order valence-electron chi connectivity index (χ4n) is 1.65. The summed E-state index contributed by atoms with van der Waals surface area (Å²) in [5.74, 6) is 0.832. The van der Waals surface area contributed by atoms with Crippen LogP contribution >= 0.6 is 11.6 Å². The molecule has 94 valence electrons. The van der Waals surface area contributed by atoms with Crippen LogP contribution in [-0.4, -0.2) is 7.05 Å². The minimum Gasteiger partial charge on any atom is -0.489 e. The molecule has 0 heterocycles. The van der Waals surface area contributed by atoms with Gasteiger partial charge in [0.2, 0.25) is 0 Å². The molecule has 3 heteroatoms. The highest BCUT2D eigenvalue weighted by Gasteiger charge is 1.97. The van der Waals surface area contributed by atoms with Crippen molar-refractivity contribution in [2.45, 2.75) is 13.2 Å². The fraction of sp³-hybridized carbons (Fsp3) is 0.200. The molecule has 2 aromatic carbocycles. The van der Waals surface area contributed by atoms with Gasteiger partial charge in [-0.1, -0.05) is 35.9 Å². The van der Waals surface area contributed by atoms with Crippen LogP contribution in [-0.2, 0) is 13.2 Å². The zero-order valence-corrected chi connectivity index (χ0v) is 11.1. The van der Waals surface area contributed by atoms with Crippen molar-refractivity contribution >= 4 is 11.6 Å². The van der Waals surface area contributed by atoms with Crippen molar-refractivity contribution in [3.05, 3.63) is 64.7 Å². The Balaban J connectivity index is 1.91. The first-order chi connectivity index (χ1) is 8.78. The molecule has 0 bridgehead atoms. The van der Waals surface area contributed by atoms with Gasteiger partial charge in [-0.2, -0.15) is 0 Å². The zero-order chi connectivity index (χ0) is 12.8. The molecule has 0 unspecified atom stereocenters. The summed E-state index contributed by atoms with van der Waals surface area (Å²) in [7, 11) is 1.94. The summed E-state index contributed by atoms with van der Waals surface area (Å²) in [6.07, 6.45) is 0. The molecule has 0 aliphatic rings. The molecule has 0 atom stereocenters. The number of hydrogen-bond acceptors (Lipinski definition) is 2. The van der Waals surface area contributed by atoms with E-state index >= 15 is 0 Å². The van der Waals surface area contributed by atoms with E-state index in [2.05, 4.69) is 29.6 Å².